The summed E-state index contributed by atoms with van der Waals surface area (Å²) in [5, 5.41) is 3.42. The van der Waals surface area contributed by atoms with Crippen molar-refractivity contribution in [1.82, 2.24) is 15.1 Å². The largest absolute Gasteiger partial charge is 0.317 e. The zero-order valence-corrected chi connectivity index (χ0v) is 11.6. The molecule has 0 unspecified atom stereocenters. The highest BCUT2D eigenvalue weighted by molar-refractivity contribution is 4.84. The number of hydrogen-bond acceptors (Lipinski definition) is 3. The third kappa shape index (κ3) is 3.67. The summed E-state index contributed by atoms with van der Waals surface area (Å²) in [4.78, 5) is 5.38. The maximum absolute atomic E-state index is 3.42. The van der Waals surface area contributed by atoms with E-state index in [0.29, 0.717) is 0 Å². The molecule has 0 aromatic carbocycles. The van der Waals surface area contributed by atoms with E-state index >= 15 is 0 Å². The summed E-state index contributed by atoms with van der Waals surface area (Å²) in [6.07, 6.45) is 6.77. The van der Waals surface area contributed by atoms with Crippen molar-refractivity contribution >= 4 is 0 Å². The van der Waals surface area contributed by atoms with Gasteiger partial charge < -0.3 is 15.1 Å². The molecule has 0 aromatic heterocycles. The first kappa shape index (κ1) is 13.3. The highest BCUT2D eigenvalue weighted by Gasteiger charge is 2.27. The number of rotatable bonds is 4. The van der Waals surface area contributed by atoms with Gasteiger partial charge in [-0.25, -0.2) is 0 Å². The van der Waals surface area contributed by atoms with Gasteiger partial charge in [0.15, 0.2) is 0 Å². The maximum Gasteiger partial charge on any atom is 0.0120 e. The first-order valence-corrected chi connectivity index (χ1v) is 7.47. The smallest absolute Gasteiger partial charge is 0.0120 e. The lowest BCUT2D eigenvalue weighted by Gasteiger charge is -2.41. The van der Waals surface area contributed by atoms with Gasteiger partial charge in [-0.2, -0.15) is 0 Å². The molecule has 2 fully saturated rings. The first-order chi connectivity index (χ1) is 8.33. The maximum atomic E-state index is 3.42. The van der Waals surface area contributed by atoms with E-state index in [-0.39, 0.29) is 0 Å². The van der Waals surface area contributed by atoms with Crippen molar-refractivity contribution in [3.8, 4) is 0 Å². The number of nitrogens with zero attached hydrogens (tertiary/aromatic N) is 2. The Kier molecular flexibility index (Phi) is 5.26. The molecule has 0 radical (unpaired) electrons. The van der Waals surface area contributed by atoms with Crippen LogP contribution >= 0.6 is 0 Å². The van der Waals surface area contributed by atoms with Crippen LogP contribution in [0.25, 0.3) is 0 Å². The van der Waals surface area contributed by atoms with Crippen molar-refractivity contribution in [2.45, 2.75) is 51.1 Å². The summed E-state index contributed by atoms with van der Waals surface area (Å²) in [6, 6.07) is 1.65. The van der Waals surface area contributed by atoms with Crippen LogP contribution in [0, 0.1) is 0 Å². The molecule has 0 amide bonds. The molecule has 1 N–H and O–H groups in total. The van der Waals surface area contributed by atoms with Gasteiger partial charge in [0.25, 0.3) is 0 Å². The Balaban J connectivity index is 1.70. The van der Waals surface area contributed by atoms with Crippen LogP contribution in [0.15, 0.2) is 0 Å². The van der Waals surface area contributed by atoms with E-state index in [1.54, 1.807) is 0 Å². The molecule has 3 heteroatoms. The molecule has 0 spiro atoms. The minimum atomic E-state index is 0.770. The Morgan fingerprint density at radius 3 is 2.18 bits per heavy atom. The molecule has 0 atom stereocenters. The Morgan fingerprint density at radius 2 is 1.65 bits per heavy atom. The van der Waals surface area contributed by atoms with Gasteiger partial charge in [-0.1, -0.05) is 6.92 Å². The van der Waals surface area contributed by atoms with Gasteiger partial charge in [0.2, 0.25) is 0 Å². The normalized spacial score (nSPS) is 26.5. The highest BCUT2D eigenvalue weighted by Crippen LogP contribution is 2.21. The number of piperidine rings is 2. The fraction of sp³-hybridized carbons (Fsp3) is 1.00. The van der Waals surface area contributed by atoms with E-state index in [1.807, 2.05) is 0 Å². The van der Waals surface area contributed by atoms with Gasteiger partial charge in [0, 0.05) is 12.1 Å². The van der Waals surface area contributed by atoms with Crippen molar-refractivity contribution in [2.24, 2.45) is 0 Å². The lowest BCUT2D eigenvalue weighted by molar-refractivity contribution is 0.0847. The van der Waals surface area contributed by atoms with Crippen LogP contribution in [-0.2, 0) is 0 Å². The number of likely N-dealkylation sites (tertiary alicyclic amines) is 2. The van der Waals surface area contributed by atoms with Gasteiger partial charge >= 0.3 is 0 Å². The van der Waals surface area contributed by atoms with Crippen LogP contribution in [0.1, 0.15) is 39.0 Å². The van der Waals surface area contributed by atoms with Crippen LogP contribution in [0.5, 0.6) is 0 Å². The van der Waals surface area contributed by atoms with Crippen LogP contribution in [-0.4, -0.2) is 61.7 Å². The Bertz CT molecular complexity index is 204. The monoisotopic (exact) mass is 239 g/mol. The summed E-state index contributed by atoms with van der Waals surface area (Å²) < 4.78 is 0. The second-order valence-electron chi connectivity index (χ2n) is 5.67. The standard InChI is InChI=1S/C14H29N3/c1-3-8-16-9-6-14(7-10-16)17-11-4-13(15-2)5-12-17/h13-15H,3-12H2,1-2H3. The van der Waals surface area contributed by atoms with Crippen LogP contribution in [0.3, 0.4) is 0 Å². The van der Waals surface area contributed by atoms with E-state index in [9.17, 15) is 0 Å². The molecular formula is C14H29N3. The lowest BCUT2D eigenvalue weighted by atomic mass is 9.98. The van der Waals surface area contributed by atoms with Crippen molar-refractivity contribution in [2.75, 3.05) is 39.8 Å². The van der Waals surface area contributed by atoms with Gasteiger partial charge in [0.05, 0.1) is 0 Å². The molecule has 0 bridgehead atoms. The van der Waals surface area contributed by atoms with E-state index in [0.717, 1.165) is 12.1 Å². The van der Waals surface area contributed by atoms with E-state index in [2.05, 4.69) is 29.1 Å². The van der Waals surface area contributed by atoms with E-state index in [4.69, 9.17) is 0 Å². The predicted molar refractivity (Wildman–Crippen MR) is 73.4 cm³/mol. The van der Waals surface area contributed by atoms with E-state index < -0.39 is 0 Å². The van der Waals surface area contributed by atoms with Crippen molar-refractivity contribution in [1.29, 1.82) is 0 Å². The quantitative estimate of drug-likeness (QED) is 0.803. The summed E-state index contributed by atoms with van der Waals surface area (Å²) in [5.74, 6) is 0. The molecule has 17 heavy (non-hydrogen) atoms. The lowest BCUT2D eigenvalue weighted by Crippen LogP contribution is -2.50. The second kappa shape index (κ2) is 6.72. The Morgan fingerprint density at radius 1 is 1.00 bits per heavy atom. The molecule has 2 rings (SSSR count). The zero-order chi connectivity index (χ0) is 12.1. The SMILES string of the molecule is CCCN1CCC(N2CCC(NC)CC2)CC1. The third-order valence-electron chi connectivity index (χ3n) is 4.55. The third-order valence-corrected chi connectivity index (χ3v) is 4.55. The molecule has 0 aliphatic carbocycles. The molecule has 0 aromatic rings. The van der Waals surface area contributed by atoms with Crippen LogP contribution < -0.4 is 5.32 Å². The minimum Gasteiger partial charge on any atom is -0.317 e. The van der Waals surface area contributed by atoms with Crippen molar-refractivity contribution in [3.63, 3.8) is 0 Å². The molecule has 0 saturated carbocycles. The Hall–Kier alpha value is -0.120. The van der Waals surface area contributed by atoms with Crippen LogP contribution in [0.2, 0.25) is 0 Å². The predicted octanol–water partition coefficient (Wildman–Crippen LogP) is 1.54. The fourth-order valence-corrected chi connectivity index (χ4v) is 3.38. The minimum absolute atomic E-state index is 0.770. The summed E-state index contributed by atoms with van der Waals surface area (Å²) in [7, 11) is 2.10. The van der Waals surface area contributed by atoms with Gasteiger partial charge in [-0.3, -0.25) is 0 Å². The summed E-state index contributed by atoms with van der Waals surface area (Å²) in [5.41, 5.74) is 0. The van der Waals surface area contributed by atoms with Crippen molar-refractivity contribution < 1.29 is 0 Å². The zero-order valence-electron chi connectivity index (χ0n) is 11.6. The molecule has 3 nitrogen and oxygen atoms in total. The average Bonchev–Trinajstić information content (AvgIpc) is 2.40. The summed E-state index contributed by atoms with van der Waals surface area (Å²) >= 11 is 0. The van der Waals surface area contributed by atoms with Gasteiger partial charge in [0.1, 0.15) is 0 Å². The molecule has 100 valence electrons. The van der Waals surface area contributed by atoms with Crippen molar-refractivity contribution in [3.05, 3.63) is 0 Å². The van der Waals surface area contributed by atoms with Gasteiger partial charge in [-0.15, -0.1) is 0 Å². The highest BCUT2D eigenvalue weighted by atomic mass is 15.2. The van der Waals surface area contributed by atoms with Crippen LogP contribution in [0.4, 0.5) is 0 Å². The molecular weight excluding hydrogens is 210 g/mol. The fourth-order valence-electron chi connectivity index (χ4n) is 3.38. The molecule has 2 aliphatic rings. The topological polar surface area (TPSA) is 18.5 Å². The Labute approximate surface area is 107 Å². The first-order valence-electron chi connectivity index (χ1n) is 7.47. The van der Waals surface area contributed by atoms with Gasteiger partial charge in [-0.05, 0) is 71.9 Å². The summed E-state index contributed by atoms with van der Waals surface area (Å²) in [6.45, 7) is 8.85. The molecule has 2 heterocycles. The molecule has 2 saturated heterocycles. The van der Waals surface area contributed by atoms with E-state index in [1.165, 1.54) is 64.8 Å². The number of nitrogens with one attached hydrogen (secondary N) is 1. The molecule has 2 aliphatic heterocycles. The number of hydrogen-bond donors (Lipinski definition) is 1. The second-order valence-corrected chi connectivity index (χ2v) is 5.67. The average molecular weight is 239 g/mol.